The van der Waals surface area contributed by atoms with Crippen molar-refractivity contribution in [2.75, 3.05) is 0 Å². The van der Waals surface area contributed by atoms with Crippen LogP contribution in [-0.2, 0) is 0 Å². The zero-order chi connectivity index (χ0) is 80.2. The summed E-state index contributed by atoms with van der Waals surface area (Å²) in [6, 6.07) is 143. The standard InChI is InChI=1S/2C56H38N4/c1-2-12-39(13-3-1)50-34-51(44-18-4-14-40(30-44)42-16-6-20-46(32-42)53-24-8-26-55(59-53)48-22-10-28-57-37-48)36-52(35-50)45-19-5-15-41(31-45)43-17-7-21-47(33-43)54-25-9-27-56(60-54)49-23-11-29-58-38-49;1-2-10-39(11-3-1)52-30-53(48-20-6-16-44(26-48)40-12-4-14-42(24-40)46-18-8-22-50(28-46)55-33-57-37-58-34-55)32-54(31-52)49-21-7-17-45(27-49)41-13-5-15-43(25-41)47-19-9-23-51(29-47)56-35-59-38-60-36-56/h2*1-38H. The van der Waals surface area contributed by atoms with Crippen molar-refractivity contribution in [1.82, 2.24) is 39.9 Å². The van der Waals surface area contributed by atoms with Crippen LogP contribution in [0.2, 0.25) is 0 Å². The van der Waals surface area contributed by atoms with Crippen LogP contribution in [-0.4, -0.2) is 39.9 Å². The van der Waals surface area contributed by atoms with Crippen molar-refractivity contribution < 1.29 is 0 Å². The maximum absolute atomic E-state index is 5.00. The van der Waals surface area contributed by atoms with Gasteiger partial charge in [0.25, 0.3) is 0 Å². The summed E-state index contributed by atoms with van der Waals surface area (Å²) < 4.78 is 0. The number of benzene rings is 14. The summed E-state index contributed by atoms with van der Waals surface area (Å²) in [6.45, 7) is 0. The van der Waals surface area contributed by atoms with E-state index in [1.165, 1.54) is 33.4 Å². The molecule has 0 unspecified atom stereocenters. The maximum Gasteiger partial charge on any atom is 0.115 e. The van der Waals surface area contributed by atoms with Crippen molar-refractivity contribution in [3.63, 3.8) is 0 Å². The second kappa shape index (κ2) is 34.5. The van der Waals surface area contributed by atoms with Gasteiger partial charge in [0.05, 0.1) is 22.8 Å². The first-order valence-electron chi connectivity index (χ1n) is 40.1. The minimum atomic E-state index is 0.904. The molecule has 6 aromatic heterocycles. The first-order chi connectivity index (χ1) is 59.4. The molecule has 0 saturated heterocycles. The van der Waals surface area contributed by atoms with Gasteiger partial charge in [-0.1, -0.05) is 255 Å². The first-order valence-corrected chi connectivity index (χ1v) is 40.1. The molecular weight excluding hydrogens is 1460 g/mol. The van der Waals surface area contributed by atoms with Gasteiger partial charge in [-0.15, -0.1) is 0 Å². The normalized spacial score (nSPS) is 11.0. The molecule has 0 fully saturated rings. The summed E-state index contributed by atoms with van der Waals surface area (Å²) in [6.07, 6.45) is 17.8. The fourth-order valence-electron chi connectivity index (χ4n) is 15.7. The minimum Gasteiger partial charge on any atom is -0.264 e. The summed E-state index contributed by atoms with van der Waals surface area (Å²) in [4.78, 5) is 35.5. The lowest BCUT2D eigenvalue weighted by Gasteiger charge is -2.14. The predicted octanol–water partition coefficient (Wildman–Crippen LogP) is 28.5. The summed E-state index contributed by atoms with van der Waals surface area (Å²) in [7, 11) is 0. The van der Waals surface area contributed by atoms with E-state index < -0.39 is 0 Å². The lowest BCUT2D eigenvalue weighted by Crippen LogP contribution is -1.90. The fraction of sp³-hybridized carbons (Fsp3) is 0. The zero-order valence-electron chi connectivity index (χ0n) is 65.5. The SMILES string of the molecule is c1ccc(-c2cc(-c3cccc(-c4cccc(-c5cccc(-c6cccnc6)n5)c4)c3)cc(-c3cccc(-c4cccc(-c5cccc(-c6cccnc6)n5)c4)c3)c2)cc1.c1ccc(-c2cc(-c3cccc(-c4cccc(-c5cccc(-c6cncnc6)c5)c4)c3)cc(-c3cccc(-c4cccc(-c5cccc(-c6cncnc6)c5)c4)c3)c2)cc1. The van der Waals surface area contributed by atoms with E-state index in [1.54, 1.807) is 25.0 Å². The van der Waals surface area contributed by atoms with E-state index in [2.05, 4.69) is 394 Å². The highest BCUT2D eigenvalue weighted by atomic mass is 14.8. The van der Waals surface area contributed by atoms with E-state index in [0.29, 0.717) is 0 Å². The molecule has 120 heavy (non-hydrogen) atoms. The van der Waals surface area contributed by atoms with Crippen LogP contribution in [0.5, 0.6) is 0 Å². The number of rotatable bonds is 18. The van der Waals surface area contributed by atoms with Crippen molar-refractivity contribution in [2.45, 2.75) is 0 Å². The molecule has 0 spiro atoms. The number of aromatic nitrogens is 8. The molecule has 0 aliphatic carbocycles. The quantitative estimate of drug-likeness (QED) is 0.0837. The highest BCUT2D eigenvalue weighted by Crippen LogP contribution is 2.42. The van der Waals surface area contributed by atoms with Crippen LogP contribution < -0.4 is 0 Å². The monoisotopic (exact) mass is 1530 g/mol. The van der Waals surface area contributed by atoms with Crippen LogP contribution in [0.3, 0.4) is 0 Å². The third kappa shape index (κ3) is 16.9. The summed E-state index contributed by atoms with van der Waals surface area (Å²) >= 11 is 0. The molecule has 0 N–H and O–H groups in total. The minimum absolute atomic E-state index is 0.904. The molecule has 8 nitrogen and oxygen atoms in total. The van der Waals surface area contributed by atoms with Gasteiger partial charge >= 0.3 is 0 Å². The van der Waals surface area contributed by atoms with Crippen molar-refractivity contribution in [3.05, 3.63) is 463 Å². The summed E-state index contributed by atoms with van der Waals surface area (Å²) in [5, 5.41) is 0. The topological polar surface area (TPSA) is 103 Å². The van der Waals surface area contributed by atoms with Gasteiger partial charge < -0.3 is 0 Å². The second-order valence-electron chi connectivity index (χ2n) is 29.7. The summed E-state index contributed by atoms with van der Waals surface area (Å²) in [5.74, 6) is 0. The second-order valence-corrected chi connectivity index (χ2v) is 29.7. The highest BCUT2D eigenvalue weighted by molar-refractivity contribution is 5.89. The Morgan fingerprint density at radius 1 is 0.108 bits per heavy atom. The van der Waals surface area contributed by atoms with E-state index in [4.69, 9.17) is 9.97 Å². The lowest BCUT2D eigenvalue weighted by atomic mass is 9.90. The van der Waals surface area contributed by atoms with Gasteiger partial charge in [0.1, 0.15) is 12.7 Å². The van der Waals surface area contributed by atoms with E-state index in [0.717, 1.165) is 167 Å². The third-order valence-corrected chi connectivity index (χ3v) is 21.8. The molecule has 8 heteroatoms. The average molecular weight is 1530 g/mol. The Balaban J connectivity index is 0.000000159. The first kappa shape index (κ1) is 74.0. The molecule has 14 aromatic carbocycles. The predicted molar refractivity (Wildman–Crippen MR) is 493 cm³/mol. The molecule has 0 aliphatic heterocycles. The van der Waals surface area contributed by atoms with E-state index in [-0.39, 0.29) is 0 Å². The van der Waals surface area contributed by atoms with E-state index in [1.807, 2.05) is 73.6 Å². The van der Waals surface area contributed by atoms with Gasteiger partial charge in [-0.25, -0.2) is 29.9 Å². The molecule has 0 amide bonds. The van der Waals surface area contributed by atoms with Crippen molar-refractivity contribution in [1.29, 1.82) is 0 Å². The molecule has 0 aliphatic rings. The van der Waals surface area contributed by atoms with Crippen LogP contribution in [0.25, 0.3) is 201 Å². The van der Waals surface area contributed by atoms with Crippen molar-refractivity contribution >= 4 is 0 Å². The third-order valence-electron chi connectivity index (χ3n) is 21.8. The number of hydrogen-bond acceptors (Lipinski definition) is 8. The zero-order valence-corrected chi connectivity index (χ0v) is 65.5. The van der Waals surface area contributed by atoms with Crippen LogP contribution in [0.15, 0.2) is 463 Å². The van der Waals surface area contributed by atoms with Gasteiger partial charge in [0.15, 0.2) is 0 Å². The van der Waals surface area contributed by atoms with Crippen LogP contribution in [0.1, 0.15) is 0 Å². The maximum atomic E-state index is 5.00. The van der Waals surface area contributed by atoms with Crippen LogP contribution >= 0.6 is 0 Å². The van der Waals surface area contributed by atoms with Crippen LogP contribution in [0, 0.1) is 0 Å². The van der Waals surface area contributed by atoms with Crippen molar-refractivity contribution in [2.24, 2.45) is 0 Å². The lowest BCUT2D eigenvalue weighted by molar-refractivity contribution is 1.17. The molecule has 0 radical (unpaired) electrons. The molecule has 6 heterocycles. The molecule has 564 valence electrons. The molecule has 20 rings (SSSR count). The van der Waals surface area contributed by atoms with E-state index in [9.17, 15) is 0 Å². The Morgan fingerprint density at radius 3 is 0.517 bits per heavy atom. The number of pyridine rings is 4. The van der Waals surface area contributed by atoms with Gasteiger partial charge in [0.2, 0.25) is 0 Å². The summed E-state index contributed by atoms with van der Waals surface area (Å²) in [5.41, 5.74) is 39.8. The molecule has 0 saturated carbocycles. The Labute approximate surface area is 698 Å². The van der Waals surface area contributed by atoms with Gasteiger partial charge in [-0.2, -0.15) is 0 Å². The Morgan fingerprint density at radius 2 is 0.275 bits per heavy atom. The smallest absolute Gasteiger partial charge is 0.115 e. The molecular formula is C112H76N8. The Kier molecular flexibility index (Phi) is 21.3. The number of hydrogen-bond donors (Lipinski definition) is 0. The van der Waals surface area contributed by atoms with Gasteiger partial charge in [-0.05, 0) is 290 Å². The van der Waals surface area contributed by atoms with Gasteiger partial charge in [0, 0.05) is 83.0 Å². The highest BCUT2D eigenvalue weighted by Gasteiger charge is 2.17. The molecule has 0 atom stereocenters. The van der Waals surface area contributed by atoms with E-state index >= 15 is 0 Å². The Hall–Kier alpha value is -16.2. The van der Waals surface area contributed by atoms with Gasteiger partial charge in [-0.3, -0.25) is 9.97 Å². The average Bonchev–Trinajstić information content (AvgIpc) is 0.799. The fourth-order valence-corrected chi connectivity index (χ4v) is 15.7. The Bertz CT molecular complexity index is 6220. The van der Waals surface area contributed by atoms with Crippen molar-refractivity contribution in [3.8, 4) is 201 Å². The largest absolute Gasteiger partial charge is 0.264 e. The molecule has 0 bridgehead atoms. The number of nitrogens with zero attached hydrogens (tertiary/aromatic N) is 8. The molecule has 20 aromatic rings. The van der Waals surface area contributed by atoms with Crippen LogP contribution in [0.4, 0.5) is 0 Å².